The van der Waals surface area contributed by atoms with Gasteiger partial charge in [-0.25, -0.2) is 0 Å². The van der Waals surface area contributed by atoms with Gasteiger partial charge >= 0.3 is 0 Å². The molecule has 128 valence electrons. The molecule has 1 aromatic carbocycles. The number of quaternary nitrogens is 1. The van der Waals surface area contributed by atoms with Crippen molar-refractivity contribution in [3.63, 3.8) is 0 Å². The zero-order valence-corrected chi connectivity index (χ0v) is 14.9. The Morgan fingerprint density at radius 3 is 2.50 bits per heavy atom. The van der Waals surface area contributed by atoms with Gasteiger partial charge in [0, 0.05) is 24.5 Å². The van der Waals surface area contributed by atoms with Crippen molar-refractivity contribution >= 4 is 28.6 Å². The molecule has 0 unspecified atom stereocenters. The van der Waals surface area contributed by atoms with Crippen LogP contribution in [0.2, 0.25) is 0 Å². The van der Waals surface area contributed by atoms with Crippen LogP contribution in [-0.4, -0.2) is 25.5 Å². The van der Waals surface area contributed by atoms with Gasteiger partial charge in [-0.05, 0) is 48.6 Å². The number of benzene rings is 1. The van der Waals surface area contributed by atoms with Crippen LogP contribution in [0.4, 0.5) is 11.4 Å². The fraction of sp³-hybridized carbons (Fsp3) is 0.421. The molecule has 4 nitrogen and oxygen atoms in total. The zero-order chi connectivity index (χ0) is 16.6. The molecule has 1 amide bonds. The summed E-state index contributed by atoms with van der Waals surface area (Å²) >= 11 is 1.73. The Kier molecular flexibility index (Phi) is 6.26. The van der Waals surface area contributed by atoms with Gasteiger partial charge < -0.3 is 15.5 Å². The molecule has 3 rings (SSSR count). The zero-order valence-electron chi connectivity index (χ0n) is 14.0. The summed E-state index contributed by atoms with van der Waals surface area (Å²) in [6, 6.07) is 12.4. The van der Waals surface area contributed by atoms with E-state index in [1.54, 1.807) is 11.3 Å². The molecule has 3 N–H and O–H groups in total. The van der Waals surface area contributed by atoms with Crippen molar-refractivity contribution < 1.29 is 10.1 Å². The summed E-state index contributed by atoms with van der Waals surface area (Å²) in [4.78, 5) is 15.8. The first-order valence-corrected chi connectivity index (χ1v) is 9.68. The number of nitrogens with two attached hydrogens (primary N) is 1. The van der Waals surface area contributed by atoms with E-state index in [2.05, 4.69) is 33.8 Å². The Hall–Kier alpha value is -1.85. The molecule has 1 aliphatic rings. The van der Waals surface area contributed by atoms with Gasteiger partial charge in [-0.15, -0.1) is 11.3 Å². The number of rotatable bonds is 6. The van der Waals surface area contributed by atoms with Crippen molar-refractivity contribution in [1.82, 2.24) is 0 Å². The quantitative estimate of drug-likeness (QED) is 0.846. The topological polar surface area (TPSA) is 49.0 Å². The Morgan fingerprint density at radius 1 is 1.08 bits per heavy atom. The Labute approximate surface area is 147 Å². The van der Waals surface area contributed by atoms with Crippen molar-refractivity contribution in [2.75, 3.05) is 29.9 Å². The molecule has 0 saturated carbocycles. The monoisotopic (exact) mass is 344 g/mol. The molecule has 0 aliphatic carbocycles. The summed E-state index contributed by atoms with van der Waals surface area (Å²) in [7, 11) is 0. The number of nitrogens with one attached hydrogen (secondary N) is 1. The summed E-state index contributed by atoms with van der Waals surface area (Å²) < 4.78 is 0. The lowest BCUT2D eigenvalue weighted by Crippen LogP contribution is -2.84. The highest BCUT2D eigenvalue weighted by molar-refractivity contribution is 7.09. The van der Waals surface area contributed by atoms with Crippen molar-refractivity contribution in [1.29, 1.82) is 0 Å². The first-order valence-electron chi connectivity index (χ1n) is 8.80. The lowest BCUT2D eigenvalue weighted by Gasteiger charge is -2.22. The van der Waals surface area contributed by atoms with E-state index in [9.17, 15) is 4.79 Å². The highest BCUT2D eigenvalue weighted by Gasteiger charge is 2.10. The summed E-state index contributed by atoms with van der Waals surface area (Å²) in [5.74, 6) is 0.0501. The third kappa shape index (κ3) is 5.08. The van der Waals surface area contributed by atoms with Crippen molar-refractivity contribution in [3.05, 3.63) is 46.7 Å². The molecular formula is C19H26N3OS+. The molecule has 2 heterocycles. The lowest BCUT2D eigenvalue weighted by atomic mass is 10.2. The maximum atomic E-state index is 12.0. The molecule has 1 aromatic heterocycles. The number of carbonyl (C=O) groups excluding carboxylic acids is 1. The third-order valence-corrected chi connectivity index (χ3v) is 5.28. The molecule has 1 fully saturated rings. The number of hydrogen-bond acceptors (Lipinski definition) is 3. The Bertz CT molecular complexity index is 617. The van der Waals surface area contributed by atoms with Gasteiger partial charge in [0.1, 0.15) is 6.54 Å². The van der Waals surface area contributed by atoms with Gasteiger partial charge in [-0.1, -0.05) is 18.9 Å². The van der Waals surface area contributed by atoms with Gasteiger partial charge in [-0.2, -0.15) is 0 Å². The number of amides is 1. The van der Waals surface area contributed by atoms with Crippen LogP contribution >= 0.6 is 11.3 Å². The average Bonchev–Trinajstić information content (AvgIpc) is 2.96. The van der Waals surface area contributed by atoms with Crippen LogP contribution < -0.4 is 15.5 Å². The minimum absolute atomic E-state index is 0.0501. The summed E-state index contributed by atoms with van der Waals surface area (Å²) in [5, 5.41) is 7.08. The number of nitrogens with zero attached hydrogens (tertiary/aromatic N) is 1. The molecule has 2 aromatic rings. The Balaban J connectivity index is 1.45. The largest absolute Gasteiger partial charge is 0.372 e. The SMILES string of the molecule is O=C(C[NH2+]Cc1cccs1)Nc1ccc(N2CCCCCC2)cc1. The Morgan fingerprint density at radius 2 is 1.83 bits per heavy atom. The highest BCUT2D eigenvalue weighted by Crippen LogP contribution is 2.21. The molecule has 1 saturated heterocycles. The minimum atomic E-state index is 0.0501. The normalized spacial score (nSPS) is 15.1. The van der Waals surface area contributed by atoms with Crippen LogP contribution in [0.15, 0.2) is 41.8 Å². The standard InChI is InChI=1S/C19H25N3OS/c23-19(15-20-14-18-6-5-13-24-18)21-16-7-9-17(10-8-16)22-11-3-1-2-4-12-22/h5-10,13,20H,1-4,11-12,14-15H2,(H,21,23)/p+1. The van der Waals surface area contributed by atoms with Gasteiger partial charge in [0.25, 0.3) is 5.91 Å². The van der Waals surface area contributed by atoms with Crippen LogP contribution in [0.1, 0.15) is 30.6 Å². The van der Waals surface area contributed by atoms with Crippen LogP contribution in [0.3, 0.4) is 0 Å². The van der Waals surface area contributed by atoms with Crippen molar-refractivity contribution in [2.45, 2.75) is 32.2 Å². The van der Waals surface area contributed by atoms with Gasteiger partial charge in [0.05, 0.1) is 4.88 Å². The van der Waals surface area contributed by atoms with E-state index in [4.69, 9.17) is 0 Å². The second kappa shape index (κ2) is 8.85. The van der Waals surface area contributed by atoms with Crippen LogP contribution in [0.25, 0.3) is 0 Å². The first-order chi connectivity index (χ1) is 11.8. The smallest absolute Gasteiger partial charge is 0.279 e. The summed E-state index contributed by atoms with van der Waals surface area (Å²) in [6.07, 6.45) is 5.23. The second-order valence-corrected chi connectivity index (χ2v) is 7.30. The number of hydrogen-bond donors (Lipinski definition) is 2. The lowest BCUT2D eigenvalue weighted by molar-refractivity contribution is -0.659. The third-order valence-electron chi connectivity index (χ3n) is 4.38. The first kappa shape index (κ1) is 17.0. The van der Waals surface area contributed by atoms with Gasteiger partial charge in [0.2, 0.25) is 0 Å². The van der Waals surface area contributed by atoms with E-state index >= 15 is 0 Å². The number of thiophene rings is 1. The maximum Gasteiger partial charge on any atom is 0.279 e. The van der Waals surface area contributed by atoms with Gasteiger partial charge in [-0.3, -0.25) is 4.79 Å². The van der Waals surface area contributed by atoms with E-state index < -0.39 is 0 Å². The van der Waals surface area contributed by atoms with Crippen LogP contribution in [0.5, 0.6) is 0 Å². The molecule has 0 atom stereocenters. The molecule has 24 heavy (non-hydrogen) atoms. The maximum absolute atomic E-state index is 12.0. The fourth-order valence-corrected chi connectivity index (χ4v) is 3.77. The number of anilines is 2. The van der Waals surface area contributed by atoms with E-state index in [1.165, 1.54) is 36.2 Å². The summed E-state index contributed by atoms with van der Waals surface area (Å²) in [5.41, 5.74) is 2.14. The molecular weight excluding hydrogens is 318 g/mol. The average molecular weight is 345 g/mol. The molecule has 0 radical (unpaired) electrons. The molecule has 1 aliphatic heterocycles. The van der Waals surface area contributed by atoms with Crippen molar-refractivity contribution in [3.8, 4) is 0 Å². The minimum Gasteiger partial charge on any atom is -0.372 e. The molecule has 0 spiro atoms. The van der Waals surface area contributed by atoms with E-state index in [0.717, 1.165) is 25.3 Å². The molecule has 0 bridgehead atoms. The van der Waals surface area contributed by atoms with E-state index in [1.807, 2.05) is 23.5 Å². The summed E-state index contributed by atoms with van der Waals surface area (Å²) in [6.45, 7) is 3.59. The second-order valence-electron chi connectivity index (χ2n) is 6.27. The van der Waals surface area contributed by atoms with Gasteiger partial charge in [0.15, 0.2) is 6.54 Å². The number of carbonyl (C=O) groups is 1. The highest BCUT2D eigenvalue weighted by atomic mass is 32.1. The predicted octanol–water partition coefficient (Wildman–Crippen LogP) is 2.83. The van der Waals surface area contributed by atoms with Crippen molar-refractivity contribution in [2.24, 2.45) is 0 Å². The van der Waals surface area contributed by atoms with Crippen LogP contribution in [0, 0.1) is 0 Å². The fourth-order valence-electron chi connectivity index (χ4n) is 3.07. The molecule has 5 heteroatoms. The van der Waals surface area contributed by atoms with E-state index in [0.29, 0.717) is 6.54 Å². The van der Waals surface area contributed by atoms with Crippen LogP contribution in [-0.2, 0) is 11.3 Å². The predicted molar refractivity (Wildman–Crippen MR) is 101 cm³/mol. The van der Waals surface area contributed by atoms with E-state index in [-0.39, 0.29) is 5.91 Å².